The number of likely N-dealkylation sites (N-methyl/N-ethyl adjacent to an activating group) is 1. The summed E-state index contributed by atoms with van der Waals surface area (Å²) >= 11 is 5.07. The summed E-state index contributed by atoms with van der Waals surface area (Å²) in [5, 5.41) is 17.7. The molecule has 8 heteroatoms. The predicted molar refractivity (Wildman–Crippen MR) is 99.7 cm³/mol. The lowest BCUT2D eigenvalue weighted by atomic mass is 10.0. The summed E-state index contributed by atoms with van der Waals surface area (Å²) in [5.41, 5.74) is 2.51. The lowest BCUT2D eigenvalue weighted by Crippen LogP contribution is -3.08. The largest absolute Gasteiger partial charge is 0.504 e. The Labute approximate surface area is 157 Å². The smallest absolute Gasteiger partial charge is 0.256 e. The van der Waals surface area contributed by atoms with Gasteiger partial charge in [0.05, 0.1) is 31.1 Å². The predicted octanol–water partition coefficient (Wildman–Crippen LogP) is 1.65. The molecular formula is C17H19BrN3O3S+. The molecule has 2 aliphatic rings. The highest BCUT2D eigenvalue weighted by molar-refractivity contribution is 9.10. The average molecular weight is 425 g/mol. The maximum absolute atomic E-state index is 12.8. The van der Waals surface area contributed by atoms with Crippen LogP contribution in [0.4, 0.5) is 5.00 Å². The normalized spacial score (nSPS) is 21.8. The molecule has 0 fully saturated rings. The van der Waals surface area contributed by atoms with E-state index in [9.17, 15) is 9.90 Å². The summed E-state index contributed by atoms with van der Waals surface area (Å²) in [6.45, 7) is 1.99. The van der Waals surface area contributed by atoms with Gasteiger partial charge in [-0.05, 0) is 17.7 Å². The number of hydrogen-bond donors (Lipinski definition) is 4. The van der Waals surface area contributed by atoms with E-state index in [1.54, 1.807) is 23.5 Å². The van der Waals surface area contributed by atoms with Crippen LogP contribution >= 0.6 is 27.3 Å². The first-order valence-electron chi connectivity index (χ1n) is 8.07. The van der Waals surface area contributed by atoms with Gasteiger partial charge in [0.1, 0.15) is 17.7 Å². The number of carbonyl (C=O) groups is 1. The molecule has 1 aromatic carbocycles. The quantitative estimate of drug-likeness (QED) is 0.591. The minimum absolute atomic E-state index is 0.0254. The number of rotatable bonds is 2. The number of halogens is 1. The zero-order valence-electron chi connectivity index (χ0n) is 13.9. The van der Waals surface area contributed by atoms with Gasteiger partial charge in [-0.2, -0.15) is 0 Å². The van der Waals surface area contributed by atoms with Gasteiger partial charge >= 0.3 is 0 Å². The number of methoxy groups -OCH3 is 1. The van der Waals surface area contributed by atoms with Crippen LogP contribution in [0.25, 0.3) is 0 Å². The molecule has 0 saturated carbocycles. The number of amides is 1. The molecule has 2 atom stereocenters. The van der Waals surface area contributed by atoms with Crippen molar-refractivity contribution in [2.45, 2.75) is 19.1 Å². The number of nitrogens with one attached hydrogen (secondary N) is 3. The fourth-order valence-electron chi connectivity index (χ4n) is 3.46. The van der Waals surface area contributed by atoms with E-state index in [-0.39, 0.29) is 11.7 Å². The van der Waals surface area contributed by atoms with Crippen molar-refractivity contribution in [2.75, 3.05) is 26.0 Å². The molecular weight excluding hydrogens is 406 g/mol. The van der Waals surface area contributed by atoms with Gasteiger partial charge in [0.25, 0.3) is 5.91 Å². The molecule has 3 heterocycles. The molecule has 0 radical (unpaired) electrons. The highest BCUT2D eigenvalue weighted by Gasteiger charge is 2.35. The first-order chi connectivity index (χ1) is 12.0. The van der Waals surface area contributed by atoms with Crippen molar-refractivity contribution in [3.05, 3.63) is 38.2 Å². The van der Waals surface area contributed by atoms with Crippen molar-refractivity contribution < 1.29 is 19.5 Å². The molecule has 0 aliphatic carbocycles. The lowest BCUT2D eigenvalue weighted by Gasteiger charge is -2.28. The van der Waals surface area contributed by atoms with Crippen LogP contribution in [0.1, 0.15) is 32.5 Å². The second-order valence-corrected chi connectivity index (χ2v) is 8.46. The first-order valence-corrected chi connectivity index (χ1v) is 9.68. The van der Waals surface area contributed by atoms with E-state index < -0.39 is 6.17 Å². The Bertz CT molecular complexity index is 867. The van der Waals surface area contributed by atoms with Gasteiger partial charge in [0.15, 0.2) is 11.5 Å². The average Bonchev–Trinajstić information content (AvgIpc) is 2.94. The molecule has 6 nitrogen and oxygen atoms in total. The van der Waals surface area contributed by atoms with Crippen LogP contribution in [-0.2, 0) is 13.0 Å². The Kier molecular flexibility index (Phi) is 4.13. The monoisotopic (exact) mass is 424 g/mol. The molecule has 0 spiro atoms. The summed E-state index contributed by atoms with van der Waals surface area (Å²) in [7, 11) is 3.67. The second-order valence-electron chi connectivity index (χ2n) is 6.44. The lowest BCUT2D eigenvalue weighted by molar-refractivity contribution is -0.895. The number of quaternary nitrogens is 1. The van der Waals surface area contributed by atoms with E-state index in [4.69, 9.17) is 4.74 Å². The van der Waals surface area contributed by atoms with Gasteiger partial charge < -0.3 is 25.4 Å². The molecule has 0 saturated heterocycles. The topological polar surface area (TPSA) is 75.0 Å². The van der Waals surface area contributed by atoms with Crippen LogP contribution in [0.5, 0.6) is 11.5 Å². The van der Waals surface area contributed by atoms with Gasteiger partial charge in [-0.3, -0.25) is 4.79 Å². The molecule has 2 aromatic rings. The van der Waals surface area contributed by atoms with Crippen molar-refractivity contribution in [3.63, 3.8) is 0 Å². The van der Waals surface area contributed by atoms with Crippen LogP contribution in [0, 0.1) is 0 Å². The number of ether oxygens (including phenoxy) is 1. The van der Waals surface area contributed by atoms with Crippen LogP contribution in [0.3, 0.4) is 0 Å². The number of carbonyl (C=O) groups excluding carboxylic acids is 1. The fraction of sp³-hybridized carbons (Fsp3) is 0.353. The highest BCUT2D eigenvalue weighted by Crippen LogP contribution is 2.42. The number of phenols is 1. The highest BCUT2D eigenvalue weighted by atomic mass is 79.9. The van der Waals surface area contributed by atoms with Crippen LogP contribution < -0.4 is 20.3 Å². The summed E-state index contributed by atoms with van der Waals surface area (Å²) in [4.78, 5) is 15.5. The Morgan fingerprint density at radius 3 is 2.96 bits per heavy atom. The summed E-state index contributed by atoms with van der Waals surface area (Å²) in [6, 6.07) is 3.48. The van der Waals surface area contributed by atoms with E-state index in [0.29, 0.717) is 11.3 Å². The van der Waals surface area contributed by atoms with E-state index in [1.165, 1.54) is 22.5 Å². The molecule has 0 bridgehead atoms. The Morgan fingerprint density at radius 2 is 2.20 bits per heavy atom. The van der Waals surface area contributed by atoms with Crippen molar-refractivity contribution in [3.8, 4) is 11.5 Å². The maximum atomic E-state index is 12.8. The van der Waals surface area contributed by atoms with Crippen molar-refractivity contribution in [1.82, 2.24) is 5.32 Å². The van der Waals surface area contributed by atoms with Crippen molar-refractivity contribution in [1.29, 1.82) is 0 Å². The van der Waals surface area contributed by atoms with E-state index >= 15 is 0 Å². The summed E-state index contributed by atoms with van der Waals surface area (Å²) in [5.74, 6) is 0.300. The Balaban J connectivity index is 1.73. The van der Waals surface area contributed by atoms with Crippen LogP contribution in [-0.4, -0.2) is 31.7 Å². The van der Waals surface area contributed by atoms with Gasteiger partial charge in [0.2, 0.25) is 0 Å². The van der Waals surface area contributed by atoms with E-state index in [0.717, 1.165) is 34.5 Å². The third-order valence-corrected chi connectivity index (χ3v) is 6.35. The van der Waals surface area contributed by atoms with Gasteiger partial charge in [-0.25, -0.2) is 0 Å². The van der Waals surface area contributed by atoms with Gasteiger partial charge in [0, 0.05) is 16.5 Å². The van der Waals surface area contributed by atoms with Gasteiger partial charge in [-0.15, -0.1) is 11.3 Å². The standard InChI is InChI=1S/C17H18BrN3O3S/c1-21-4-3-9-12(7-21)25-17-13(9)16(23)19-15(20-17)10-5-8(18)6-11(24-2)14(10)22/h5-6,15,20,22H,3-4,7H2,1-2H3,(H,19,23)/p+1/t15-/m0/s1. The third kappa shape index (κ3) is 2.78. The number of fused-ring (bicyclic) bond motifs is 3. The zero-order chi connectivity index (χ0) is 17.7. The summed E-state index contributed by atoms with van der Waals surface area (Å²) < 4.78 is 5.98. The second kappa shape index (κ2) is 6.19. The minimum Gasteiger partial charge on any atom is -0.504 e. The van der Waals surface area contributed by atoms with Gasteiger partial charge in [-0.1, -0.05) is 15.9 Å². The molecule has 4 N–H and O–H groups in total. The van der Waals surface area contributed by atoms with E-state index in [1.807, 2.05) is 0 Å². The Hall–Kier alpha value is -1.77. The molecule has 1 amide bonds. The molecule has 2 aliphatic heterocycles. The number of hydrogen-bond acceptors (Lipinski definition) is 5. The van der Waals surface area contributed by atoms with Crippen molar-refractivity contribution >= 4 is 38.2 Å². The van der Waals surface area contributed by atoms with E-state index in [2.05, 4.69) is 33.6 Å². The molecule has 25 heavy (non-hydrogen) atoms. The number of phenolic OH excluding ortho intramolecular Hbond substituents is 1. The maximum Gasteiger partial charge on any atom is 0.256 e. The van der Waals surface area contributed by atoms with Crippen molar-refractivity contribution in [2.24, 2.45) is 0 Å². The Morgan fingerprint density at radius 1 is 1.40 bits per heavy atom. The molecule has 4 rings (SSSR count). The number of anilines is 1. The molecule has 132 valence electrons. The number of benzene rings is 1. The van der Waals surface area contributed by atoms with Crippen LogP contribution in [0.2, 0.25) is 0 Å². The number of aromatic hydroxyl groups is 1. The zero-order valence-corrected chi connectivity index (χ0v) is 16.3. The minimum atomic E-state index is -0.503. The molecule has 1 unspecified atom stereocenters. The fourth-order valence-corrected chi connectivity index (χ4v) is 5.30. The number of thiophene rings is 1. The van der Waals surface area contributed by atoms with Crippen LogP contribution in [0.15, 0.2) is 16.6 Å². The summed E-state index contributed by atoms with van der Waals surface area (Å²) in [6.07, 6.45) is 0.416. The SMILES string of the molecule is COc1cc(Br)cc([C@H]2NC(=O)c3c(sc4c3CC[NH+](C)C4)N2)c1O. The first kappa shape index (κ1) is 16.7. The molecule has 1 aromatic heterocycles. The third-order valence-electron chi connectivity index (χ3n) is 4.73.